The normalized spacial score (nSPS) is 20.1. The van der Waals surface area contributed by atoms with Crippen LogP contribution in [0.15, 0.2) is 59.9 Å². The maximum absolute atomic E-state index is 13.7. The van der Waals surface area contributed by atoms with E-state index in [1.807, 2.05) is 19.1 Å². The number of fused-ring (bicyclic) bond motifs is 3. The van der Waals surface area contributed by atoms with Crippen molar-refractivity contribution in [2.75, 3.05) is 19.6 Å². The van der Waals surface area contributed by atoms with Crippen molar-refractivity contribution in [1.82, 2.24) is 39.7 Å². The molecular formula is C30H30Cl2N8O3. The van der Waals surface area contributed by atoms with Gasteiger partial charge in [0.25, 0.3) is 5.56 Å². The molecule has 1 saturated heterocycles. The summed E-state index contributed by atoms with van der Waals surface area (Å²) in [5, 5.41) is 11.7. The Morgan fingerprint density at radius 2 is 1.88 bits per heavy atom. The first-order valence-corrected chi connectivity index (χ1v) is 14.9. The van der Waals surface area contributed by atoms with Gasteiger partial charge in [-0.05, 0) is 48.7 Å². The van der Waals surface area contributed by atoms with Crippen LogP contribution in [0.5, 0.6) is 0 Å². The Morgan fingerprint density at radius 1 is 1.07 bits per heavy atom. The van der Waals surface area contributed by atoms with Crippen LogP contribution in [0.25, 0.3) is 16.9 Å². The highest BCUT2D eigenvalue weighted by Crippen LogP contribution is 2.36. The van der Waals surface area contributed by atoms with E-state index in [9.17, 15) is 14.4 Å². The minimum absolute atomic E-state index is 0.00362. The molecule has 11 nitrogen and oxygen atoms in total. The first-order chi connectivity index (χ1) is 20.6. The third-order valence-corrected chi connectivity index (χ3v) is 8.86. The van der Waals surface area contributed by atoms with E-state index in [0.29, 0.717) is 60.9 Å². The zero-order valence-corrected chi connectivity index (χ0v) is 25.2. The van der Waals surface area contributed by atoms with Gasteiger partial charge >= 0.3 is 0 Å². The summed E-state index contributed by atoms with van der Waals surface area (Å²) in [7, 11) is 0. The average molecular weight is 622 g/mol. The SMILES string of the molecule is CC(=O)N1CC2(CNC(=O)[C@H](C)CCC[C@H](n3cnc(-c4cc(Cl)ccc4-n4cc(Cl)nn4)cc3=O)c3cc2ccn3)C1. The van der Waals surface area contributed by atoms with Crippen molar-refractivity contribution in [3.8, 4) is 16.9 Å². The van der Waals surface area contributed by atoms with E-state index >= 15 is 0 Å². The molecule has 5 heterocycles. The number of benzene rings is 1. The zero-order chi connectivity index (χ0) is 30.3. The summed E-state index contributed by atoms with van der Waals surface area (Å²) in [5.41, 5.74) is 2.65. The van der Waals surface area contributed by atoms with Gasteiger partial charge in [0.15, 0.2) is 5.15 Å². The molecular weight excluding hydrogens is 591 g/mol. The van der Waals surface area contributed by atoms with Crippen molar-refractivity contribution in [2.45, 2.75) is 44.6 Å². The van der Waals surface area contributed by atoms with Gasteiger partial charge in [0.1, 0.15) is 0 Å². The molecule has 2 amide bonds. The first kappa shape index (κ1) is 29.0. The van der Waals surface area contributed by atoms with Crippen LogP contribution in [0.4, 0.5) is 0 Å². The molecule has 4 aromatic rings. The van der Waals surface area contributed by atoms with Crippen molar-refractivity contribution in [3.63, 3.8) is 0 Å². The molecule has 6 rings (SSSR count). The number of carbonyl (C=O) groups is 2. The maximum Gasteiger partial charge on any atom is 0.254 e. The number of likely N-dealkylation sites (tertiary alicyclic amines) is 1. The topological polar surface area (TPSA) is 128 Å². The monoisotopic (exact) mass is 620 g/mol. The lowest BCUT2D eigenvalue weighted by Gasteiger charge is -2.50. The highest BCUT2D eigenvalue weighted by Gasteiger charge is 2.46. The Bertz CT molecular complexity index is 1760. The molecule has 222 valence electrons. The molecule has 2 aliphatic heterocycles. The third-order valence-electron chi connectivity index (χ3n) is 8.45. The smallest absolute Gasteiger partial charge is 0.254 e. The molecule has 0 aliphatic carbocycles. The zero-order valence-electron chi connectivity index (χ0n) is 23.7. The van der Waals surface area contributed by atoms with Gasteiger partial charge in [-0.25, -0.2) is 9.67 Å². The van der Waals surface area contributed by atoms with E-state index in [2.05, 4.69) is 20.6 Å². The van der Waals surface area contributed by atoms with Gasteiger partial charge in [0.2, 0.25) is 11.8 Å². The number of pyridine rings is 1. The van der Waals surface area contributed by atoms with Crippen LogP contribution in [-0.2, 0) is 15.0 Å². The molecule has 2 aliphatic rings. The number of halogens is 2. The molecule has 0 radical (unpaired) electrons. The van der Waals surface area contributed by atoms with Gasteiger partial charge in [-0.15, -0.1) is 5.10 Å². The molecule has 1 N–H and O–H groups in total. The fraction of sp³-hybridized carbons (Fsp3) is 0.367. The summed E-state index contributed by atoms with van der Waals surface area (Å²) < 4.78 is 3.10. The van der Waals surface area contributed by atoms with Crippen LogP contribution in [0.2, 0.25) is 10.2 Å². The first-order valence-electron chi connectivity index (χ1n) is 14.1. The third kappa shape index (κ3) is 5.66. The largest absolute Gasteiger partial charge is 0.355 e. The van der Waals surface area contributed by atoms with Crippen LogP contribution < -0.4 is 10.9 Å². The maximum atomic E-state index is 13.7. The van der Waals surface area contributed by atoms with Crippen molar-refractivity contribution in [3.05, 3.63) is 86.9 Å². The lowest BCUT2D eigenvalue weighted by molar-refractivity contribution is -0.136. The van der Waals surface area contributed by atoms with Gasteiger partial charge < -0.3 is 10.2 Å². The van der Waals surface area contributed by atoms with Gasteiger partial charge in [0, 0.05) is 60.7 Å². The fourth-order valence-corrected chi connectivity index (χ4v) is 6.24. The Hall–Kier alpha value is -4.09. The lowest BCUT2D eigenvalue weighted by Crippen LogP contribution is -2.65. The van der Waals surface area contributed by atoms with E-state index in [-0.39, 0.29) is 28.4 Å². The van der Waals surface area contributed by atoms with E-state index in [1.165, 1.54) is 17.1 Å². The minimum Gasteiger partial charge on any atom is -0.355 e. The van der Waals surface area contributed by atoms with Gasteiger partial charge in [0.05, 0.1) is 35.6 Å². The summed E-state index contributed by atoms with van der Waals surface area (Å²) in [5.74, 6) is -0.214. The van der Waals surface area contributed by atoms with Crippen LogP contribution in [0.1, 0.15) is 50.4 Å². The summed E-state index contributed by atoms with van der Waals surface area (Å²) in [6.07, 6.45) is 6.77. The highest BCUT2D eigenvalue weighted by atomic mass is 35.5. The summed E-state index contributed by atoms with van der Waals surface area (Å²) in [6, 6.07) is 10.2. The number of hydrogen-bond acceptors (Lipinski definition) is 7. The summed E-state index contributed by atoms with van der Waals surface area (Å²) in [4.78, 5) is 49.9. The predicted octanol–water partition coefficient (Wildman–Crippen LogP) is 3.82. The van der Waals surface area contributed by atoms with Gasteiger partial charge in [-0.1, -0.05) is 41.8 Å². The molecule has 1 aromatic carbocycles. The highest BCUT2D eigenvalue weighted by molar-refractivity contribution is 6.31. The number of rotatable bonds is 3. The Labute approximate surface area is 257 Å². The predicted molar refractivity (Wildman–Crippen MR) is 161 cm³/mol. The van der Waals surface area contributed by atoms with Crippen molar-refractivity contribution >= 4 is 35.0 Å². The quantitative estimate of drug-likeness (QED) is 0.369. The molecule has 0 saturated carbocycles. The number of hydrogen-bond donors (Lipinski definition) is 1. The van der Waals surface area contributed by atoms with E-state index in [0.717, 1.165) is 11.3 Å². The molecule has 43 heavy (non-hydrogen) atoms. The van der Waals surface area contributed by atoms with Crippen molar-refractivity contribution in [1.29, 1.82) is 0 Å². The summed E-state index contributed by atoms with van der Waals surface area (Å²) >= 11 is 12.3. The molecule has 2 atom stereocenters. The van der Waals surface area contributed by atoms with E-state index in [4.69, 9.17) is 28.2 Å². The number of carbonyl (C=O) groups excluding carboxylic acids is 2. The van der Waals surface area contributed by atoms with Crippen LogP contribution in [-0.4, -0.2) is 65.9 Å². The molecule has 1 fully saturated rings. The fourth-order valence-electron chi connectivity index (χ4n) is 5.94. The summed E-state index contributed by atoms with van der Waals surface area (Å²) in [6.45, 7) is 4.88. The van der Waals surface area contributed by atoms with Crippen molar-refractivity contribution in [2.24, 2.45) is 5.92 Å². The standard InChI is InChI=1S/C30H30Cl2N8O3/c1-18-4-3-5-26(24-10-20(8-9-33-24)30(14-34-29(18)43)15-38(16-30)19(2)41)39-17-35-23(12-28(39)42)22-11-21(31)6-7-25(22)40-13-27(32)36-37-40/h6-13,17-18,26H,3-5,14-16H2,1-2H3,(H,34,43)/t18-,26+/m1/s1. The second-order valence-electron chi connectivity index (χ2n) is 11.4. The van der Waals surface area contributed by atoms with Crippen molar-refractivity contribution < 1.29 is 9.59 Å². The van der Waals surface area contributed by atoms with Crippen LogP contribution in [0.3, 0.4) is 0 Å². The minimum atomic E-state index is -0.428. The molecule has 1 spiro atoms. The lowest BCUT2D eigenvalue weighted by atomic mass is 9.73. The molecule has 2 bridgehead atoms. The van der Waals surface area contributed by atoms with E-state index < -0.39 is 11.5 Å². The Balaban J connectivity index is 1.40. The molecule has 13 heteroatoms. The van der Waals surface area contributed by atoms with Crippen LogP contribution >= 0.6 is 23.2 Å². The van der Waals surface area contributed by atoms with Crippen LogP contribution in [0, 0.1) is 5.92 Å². The number of nitrogens with zero attached hydrogens (tertiary/aromatic N) is 7. The Morgan fingerprint density at radius 3 is 2.60 bits per heavy atom. The number of amides is 2. The van der Waals surface area contributed by atoms with Gasteiger partial charge in [-0.2, -0.15) is 0 Å². The molecule has 3 aromatic heterocycles. The number of nitrogens with one attached hydrogen (secondary N) is 1. The number of aromatic nitrogens is 6. The Kier molecular flexibility index (Phi) is 7.78. The van der Waals surface area contributed by atoms with E-state index in [1.54, 1.807) is 47.0 Å². The van der Waals surface area contributed by atoms with Gasteiger partial charge in [-0.3, -0.25) is 23.9 Å². The molecule has 0 unspecified atom stereocenters. The second-order valence-corrected chi connectivity index (χ2v) is 12.2. The average Bonchev–Trinajstić information content (AvgIpc) is 3.40. The second kappa shape index (κ2) is 11.5.